The Morgan fingerprint density at radius 1 is 1.08 bits per heavy atom. The summed E-state index contributed by atoms with van der Waals surface area (Å²) in [5, 5.41) is 5.50. The van der Waals surface area contributed by atoms with Crippen molar-refractivity contribution in [3.8, 4) is 0 Å². The second-order valence-electron chi connectivity index (χ2n) is 10.3. The molecule has 0 spiro atoms. The molecule has 3 unspecified atom stereocenters. The van der Waals surface area contributed by atoms with Crippen molar-refractivity contribution in [3.63, 3.8) is 0 Å². The minimum absolute atomic E-state index is 0.0690. The van der Waals surface area contributed by atoms with Crippen molar-refractivity contribution < 1.29 is 18.8 Å². The van der Waals surface area contributed by atoms with Crippen molar-refractivity contribution in [2.24, 2.45) is 11.7 Å². The molecule has 1 saturated heterocycles. The van der Waals surface area contributed by atoms with E-state index in [1.54, 1.807) is 17.9 Å². The Bertz CT molecular complexity index is 911. The van der Waals surface area contributed by atoms with Gasteiger partial charge in [0.1, 0.15) is 11.9 Å². The van der Waals surface area contributed by atoms with E-state index in [1.165, 1.54) is 12.1 Å². The third-order valence-electron chi connectivity index (χ3n) is 7.71. The molecule has 3 amide bonds. The van der Waals surface area contributed by atoms with Gasteiger partial charge in [-0.05, 0) is 43.5 Å². The van der Waals surface area contributed by atoms with Crippen LogP contribution in [-0.4, -0.2) is 72.8 Å². The largest absolute Gasteiger partial charge is 0.344 e. The Kier molecular flexibility index (Phi) is 10.2. The van der Waals surface area contributed by atoms with Gasteiger partial charge in [0.2, 0.25) is 17.7 Å². The topological polar surface area (TPSA) is 108 Å². The fraction of sp³-hybridized carbons (Fsp3) is 0.667. The average molecular weight is 504 g/mol. The number of amides is 3. The summed E-state index contributed by atoms with van der Waals surface area (Å²) >= 11 is 0. The Hall–Kier alpha value is -2.52. The molecule has 1 heterocycles. The molecule has 9 heteroatoms. The molecule has 4 N–H and O–H groups in total. The van der Waals surface area contributed by atoms with Crippen LogP contribution in [0.2, 0.25) is 0 Å². The Balaban J connectivity index is 1.71. The number of anilines is 1. The van der Waals surface area contributed by atoms with Gasteiger partial charge in [0, 0.05) is 38.5 Å². The zero-order valence-corrected chi connectivity index (χ0v) is 21.9. The molecule has 3 rings (SSSR count). The van der Waals surface area contributed by atoms with Gasteiger partial charge in [0.15, 0.2) is 0 Å². The minimum Gasteiger partial charge on any atom is -0.344 e. The number of carbonyl (C=O) groups is 3. The summed E-state index contributed by atoms with van der Waals surface area (Å²) in [7, 11) is 2.01. The van der Waals surface area contributed by atoms with Crippen LogP contribution in [0.5, 0.6) is 0 Å². The maximum absolute atomic E-state index is 15.1. The molecule has 3 atom stereocenters. The van der Waals surface area contributed by atoms with Crippen molar-refractivity contribution in [3.05, 3.63) is 29.6 Å². The number of halogens is 1. The summed E-state index contributed by atoms with van der Waals surface area (Å²) in [4.78, 5) is 42.2. The van der Waals surface area contributed by atoms with E-state index in [9.17, 15) is 14.4 Å². The van der Waals surface area contributed by atoms with Crippen LogP contribution >= 0.6 is 0 Å². The van der Waals surface area contributed by atoms with Crippen LogP contribution in [0, 0.1) is 11.7 Å². The predicted molar refractivity (Wildman–Crippen MR) is 139 cm³/mol. The molecule has 0 aromatic heterocycles. The molecule has 8 nitrogen and oxygen atoms in total. The number of nitrogens with zero attached hydrogens (tertiary/aromatic N) is 2. The van der Waals surface area contributed by atoms with Crippen LogP contribution in [0.3, 0.4) is 0 Å². The fourth-order valence-electron chi connectivity index (χ4n) is 5.11. The predicted octanol–water partition coefficient (Wildman–Crippen LogP) is 2.83. The first-order chi connectivity index (χ1) is 17.2. The smallest absolute Gasteiger partial charge is 0.245 e. The summed E-state index contributed by atoms with van der Waals surface area (Å²) in [6.45, 7) is 6.24. The van der Waals surface area contributed by atoms with Gasteiger partial charge in [0.05, 0.1) is 11.7 Å². The molecule has 1 aliphatic heterocycles. The van der Waals surface area contributed by atoms with Gasteiger partial charge in [-0.3, -0.25) is 14.4 Å². The Morgan fingerprint density at radius 2 is 1.72 bits per heavy atom. The standard InChI is InChI=1S/C27H42FN5O3/c1-4-23(34)31-25(27(36)33-15-13-32(3)14-16-33)18(2)20-11-12-22(21(28)17-20)30-26(35)24(29)19-9-7-5-6-8-10-19/h11-12,17-19,24-25H,4-10,13-16,29H2,1-3H3,(H,30,35)(H,31,34). The molecular formula is C27H42FN5O3. The first-order valence-electron chi connectivity index (χ1n) is 13.3. The lowest BCUT2D eigenvalue weighted by Gasteiger charge is -2.36. The average Bonchev–Trinajstić information content (AvgIpc) is 3.17. The van der Waals surface area contributed by atoms with Crippen LogP contribution in [0.1, 0.15) is 70.3 Å². The van der Waals surface area contributed by atoms with E-state index in [1.807, 2.05) is 14.0 Å². The lowest BCUT2D eigenvalue weighted by atomic mass is 9.91. The molecule has 1 aromatic rings. The van der Waals surface area contributed by atoms with Crippen LogP contribution in [0.15, 0.2) is 18.2 Å². The quantitative estimate of drug-likeness (QED) is 0.473. The molecule has 2 aliphatic rings. The SMILES string of the molecule is CCC(=O)NC(C(=O)N1CCN(C)CC1)C(C)c1ccc(NC(=O)C(N)C2CCCCCC2)c(F)c1. The monoisotopic (exact) mass is 503 g/mol. The molecule has 36 heavy (non-hydrogen) atoms. The highest BCUT2D eigenvalue weighted by Gasteiger charge is 2.33. The number of rotatable bonds is 8. The van der Waals surface area contributed by atoms with Crippen molar-refractivity contribution in [1.29, 1.82) is 0 Å². The molecule has 1 aliphatic carbocycles. The van der Waals surface area contributed by atoms with Crippen LogP contribution in [-0.2, 0) is 14.4 Å². The number of hydrogen-bond acceptors (Lipinski definition) is 5. The first kappa shape index (κ1) is 28.1. The highest BCUT2D eigenvalue weighted by atomic mass is 19.1. The fourth-order valence-corrected chi connectivity index (χ4v) is 5.11. The lowest BCUT2D eigenvalue weighted by Crippen LogP contribution is -2.55. The van der Waals surface area contributed by atoms with E-state index < -0.39 is 23.8 Å². The second-order valence-corrected chi connectivity index (χ2v) is 10.3. The molecule has 1 aromatic carbocycles. The number of hydrogen-bond donors (Lipinski definition) is 3. The van der Waals surface area contributed by atoms with E-state index >= 15 is 4.39 Å². The molecular weight excluding hydrogens is 461 g/mol. The van der Waals surface area contributed by atoms with Crippen LogP contribution in [0.4, 0.5) is 10.1 Å². The maximum atomic E-state index is 15.1. The summed E-state index contributed by atoms with van der Waals surface area (Å²) in [5.74, 6) is -1.71. The van der Waals surface area contributed by atoms with Crippen molar-refractivity contribution in [1.82, 2.24) is 15.1 Å². The van der Waals surface area contributed by atoms with Crippen molar-refractivity contribution in [2.45, 2.75) is 76.8 Å². The zero-order chi connectivity index (χ0) is 26.2. The Morgan fingerprint density at radius 3 is 2.31 bits per heavy atom. The molecule has 2 fully saturated rings. The van der Waals surface area contributed by atoms with E-state index in [4.69, 9.17) is 5.73 Å². The molecule has 0 bridgehead atoms. The highest BCUT2D eigenvalue weighted by molar-refractivity contribution is 5.95. The minimum atomic E-state index is -0.802. The summed E-state index contributed by atoms with van der Waals surface area (Å²) in [5.41, 5.74) is 6.87. The van der Waals surface area contributed by atoms with E-state index in [-0.39, 0.29) is 35.7 Å². The summed E-state index contributed by atoms with van der Waals surface area (Å²) in [6.07, 6.45) is 6.54. The van der Waals surface area contributed by atoms with Crippen molar-refractivity contribution >= 4 is 23.4 Å². The van der Waals surface area contributed by atoms with E-state index in [2.05, 4.69) is 15.5 Å². The van der Waals surface area contributed by atoms with Crippen LogP contribution < -0.4 is 16.4 Å². The van der Waals surface area contributed by atoms with Gasteiger partial charge in [-0.1, -0.05) is 45.6 Å². The third-order valence-corrected chi connectivity index (χ3v) is 7.71. The summed E-state index contributed by atoms with van der Waals surface area (Å²) < 4.78 is 15.1. The second kappa shape index (κ2) is 13.1. The van der Waals surface area contributed by atoms with Gasteiger partial charge in [-0.2, -0.15) is 0 Å². The van der Waals surface area contributed by atoms with E-state index in [0.29, 0.717) is 18.7 Å². The number of nitrogens with two attached hydrogens (primary N) is 1. The Labute approximate surface area is 214 Å². The van der Waals surface area contributed by atoms with Crippen LogP contribution in [0.25, 0.3) is 0 Å². The molecule has 200 valence electrons. The zero-order valence-electron chi connectivity index (χ0n) is 21.9. The highest BCUT2D eigenvalue weighted by Crippen LogP contribution is 2.28. The first-order valence-corrected chi connectivity index (χ1v) is 13.3. The normalized spacial score (nSPS) is 20.2. The number of benzene rings is 1. The maximum Gasteiger partial charge on any atom is 0.245 e. The van der Waals surface area contributed by atoms with Gasteiger partial charge >= 0.3 is 0 Å². The molecule has 1 saturated carbocycles. The molecule has 0 radical (unpaired) electrons. The van der Waals surface area contributed by atoms with E-state index in [0.717, 1.165) is 51.6 Å². The number of carbonyl (C=O) groups excluding carboxylic acids is 3. The van der Waals surface area contributed by atoms with Crippen molar-refractivity contribution in [2.75, 3.05) is 38.5 Å². The van der Waals surface area contributed by atoms with Gasteiger partial charge in [0.25, 0.3) is 0 Å². The van der Waals surface area contributed by atoms with Gasteiger partial charge in [-0.15, -0.1) is 0 Å². The number of piperazine rings is 1. The number of nitrogens with one attached hydrogen (secondary N) is 2. The number of likely N-dealkylation sites (N-methyl/N-ethyl adjacent to an activating group) is 1. The van der Waals surface area contributed by atoms with Gasteiger partial charge in [-0.25, -0.2) is 4.39 Å². The summed E-state index contributed by atoms with van der Waals surface area (Å²) in [6, 6.07) is 3.07. The van der Waals surface area contributed by atoms with Gasteiger partial charge < -0.3 is 26.2 Å². The third kappa shape index (κ3) is 7.26. The lowest BCUT2D eigenvalue weighted by molar-refractivity contribution is -0.138.